The number of rotatable bonds is 3. The fraction of sp³-hybridized carbons (Fsp3) is 0.300. The van der Waals surface area contributed by atoms with Crippen molar-refractivity contribution < 1.29 is 4.84 Å². The second-order valence-corrected chi connectivity index (χ2v) is 4.28. The monoisotopic (exact) mass is 265 g/mol. The minimum absolute atomic E-state index is 0.523. The van der Waals surface area contributed by atoms with Gasteiger partial charge in [-0.05, 0) is 24.6 Å². The van der Waals surface area contributed by atoms with Crippen molar-refractivity contribution in [3.63, 3.8) is 0 Å². The molecule has 0 saturated heterocycles. The van der Waals surface area contributed by atoms with Crippen molar-refractivity contribution in [2.75, 3.05) is 7.11 Å². The number of hydrogen-bond acceptors (Lipinski definition) is 2. The van der Waals surface area contributed by atoms with E-state index in [0.29, 0.717) is 21.5 Å². The Morgan fingerprint density at radius 1 is 1.27 bits per heavy atom. The van der Waals surface area contributed by atoms with Gasteiger partial charge in [0.05, 0.1) is 5.71 Å². The Kier molecular flexibility index (Phi) is 4.71. The third-order valence-electron chi connectivity index (χ3n) is 1.79. The molecule has 0 atom stereocenters. The molecule has 0 aromatic heterocycles. The Morgan fingerprint density at radius 3 is 2.27 bits per heavy atom. The number of nitrogens with zero attached hydrogens (tertiary/aromatic N) is 1. The molecule has 0 heterocycles. The van der Waals surface area contributed by atoms with E-state index in [1.54, 1.807) is 12.1 Å². The number of halogens is 3. The molecule has 15 heavy (non-hydrogen) atoms. The van der Waals surface area contributed by atoms with E-state index in [1.807, 2.05) is 6.92 Å². The van der Waals surface area contributed by atoms with Crippen LogP contribution in [-0.4, -0.2) is 12.8 Å². The quantitative estimate of drug-likeness (QED) is 0.593. The number of hydrogen-bond donors (Lipinski definition) is 0. The lowest BCUT2D eigenvalue weighted by Gasteiger charge is -2.06. The highest BCUT2D eigenvalue weighted by Gasteiger charge is 2.09. The van der Waals surface area contributed by atoms with Gasteiger partial charge in [0.1, 0.15) is 7.11 Å². The maximum Gasteiger partial charge on any atom is 0.106 e. The van der Waals surface area contributed by atoms with Gasteiger partial charge in [-0.1, -0.05) is 40.0 Å². The first-order valence-corrected chi connectivity index (χ1v) is 5.38. The standard InChI is InChI=1S/C10H10Cl3NO/c1-6(14-15-2)3-8-9(12)4-7(11)5-10(8)13/h4-5H,3H2,1-2H3/b14-6-. The normalized spacial score (nSPS) is 11.7. The van der Waals surface area contributed by atoms with Crippen molar-refractivity contribution in [2.45, 2.75) is 13.3 Å². The summed E-state index contributed by atoms with van der Waals surface area (Å²) in [6.07, 6.45) is 0.544. The van der Waals surface area contributed by atoms with Gasteiger partial charge >= 0.3 is 0 Å². The van der Waals surface area contributed by atoms with Gasteiger partial charge in [-0.3, -0.25) is 0 Å². The number of oxime groups is 1. The second-order valence-electron chi connectivity index (χ2n) is 3.03. The van der Waals surface area contributed by atoms with Crippen molar-refractivity contribution in [1.29, 1.82) is 0 Å². The minimum Gasteiger partial charge on any atom is -0.399 e. The molecule has 82 valence electrons. The minimum atomic E-state index is 0.523. The molecule has 0 aliphatic carbocycles. The van der Waals surface area contributed by atoms with Crippen LogP contribution in [0, 0.1) is 0 Å². The highest BCUT2D eigenvalue weighted by atomic mass is 35.5. The SMILES string of the molecule is CO/N=C(/C)Cc1c(Cl)cc(Cl)cc1Cl. The molecule has 1 aromatic rings. The Bertz CT molecular complexity index is 367. The highest BCUT2D eigenvalue weighted by molar-refractivity contribution is 6.39. The molecule has 0 radical (unpaired) electrons. The van der Waals surface area contributed by atoms with E-state index in [2.05, 4.69) is 9.99 Å². The van der Waals surface area contributed by atoms with E-state index < -0.39 is 0 Å². The molecule has 0 amide bonds. The van der Waals surface area contributed by atoms with E-state index >= 15 is 0 Å². The molecular formula is C10H10Cl3NO. The molecule has 0 saturated carbocycles. The van der Waals surface area contributed by atoms with Crippen LogP contribution in [-0.2, 0) is 11.3 Å². The maximum absolute atomic E-state index is 6.01. The van der Waals surface area contributed by atoms with Crippen molar-refractivity contribution in [2.24, 2.45) is 5.16 Å². The van der Waals surface area contributed by atoms with E-state index in [0.717, 1.165) is 11.3 Å². The fourth-order valence-electron chi connectivity index (χ4n) is 1.18. The van der Waals surface area contributed by atoms with Crippen molar-refractivity contribution in [3.05, 3.63) is 32.8 Å². The first-order valence-electron chi connectivity index (χ1n) is 4.24. The van der Waals surface area contributed by atoms with Crippen LogP contribution in [0.25, 0.3) is 0 Å². The van der Waals surface area contributed by atoms with Gasteiger partial charge in [-0.15, -0.1) is 0 Å². The predicted octanol–water partition coefficient (Wildman–Crippen LogP) is 4.21. The summed E-state index contributed by atoms with van der Waals surface area (Å²) in [5.41, 5.74) is 1.60. The average molecular weight is 267 g/mol. The fourth-order valence-corrected chi connectivity index (χ4v) is 2.14. The lowest BCUT2D eigenvalue weighted by Crippen LogP contribution is -2.00. The van der Waals surface area contributed by atoms with E-state index in [9.17, 15) is 0 Å². The van der Waals surface area contributed by atoms with Gasteiger partial charge in [0.25, 0.3) is 0 Å². The maximum atomic E-state index is 6.01. The van der Waals surface area contributed by atoms with Gasteiger partial charge in [0.2, 0.25) is 0 Å². The Morgan fingerprint density at radius 2 is 1.80 bits per heavy atom. The first kappa shape index (κ1) is 12.6. The summed E-state index contributed by atoms with van der Waals surface area (Å²) in [4.78, 5) is 4.66. The second kappa shape index (κ2) is 5.59. The zero-order valence-corrected chi connectivity index (χ0v) is 10.6. The summed E-state index contributed by atoms with van der Waals surface area (Å²) in [5.74, 6) is 0. The van der Waals surface area contributed by atoms with Crippen LogP contribution < -0.4 is 0 Å². The summed E-state index contributed by atoms with van der Waals surface area (Å²) in [6.45, 7) is 1.84. The predicted molar refractivity (Wildman–Crippen MR) is 65.3 cm³/mol. The topological polar surface area (TPSA) is 21.6 Å². The van der Waals surface area contributed by atoms with Crippen LogP contribution in [0.15, 0.2) is 17.3 Å². The van der Waals surface area contributed by atoms with E-state index in [1.165, 1.54) is 7.11 Å². The molecule has 1 rings (SSSR count). The van der Waals surface area contributed by atoms with Gasteiger partial charge in [0, 0.05) is 21.5 Å². The van der Waals surface area contributed by atoms with Gasteiger partial charge in [-0.2, -0.15) is 0 Å². The molecule has 0 N–H and O–H groups in total. The van der Waals surface area contributed by atoms with Crippen LogP contribution in [0.3, 0.4) is 0 Å². The van der Waals surface area contributed by atoms with Crippen LogP contribution >= 0.6 is 34.8 Å². The molecule has 0 aliphatic rings. The molecule has 0 unspecified atom stereocenters. The van der Waals surface area contributed by atoms with E-state index in [4.69, 9.17) is 34.8 Å². The zero-order valence-electron chi connectivity index (χ0n) is 8.35. The average Bonchev–Trinajstić information content (AvgIpc) is 2.11. The van der Waals surface area contributed by atoms with E-state index in [-0.39, 0.29) is 0 Å². The largest absolute Gasteiger partial charge is 0.399 e. The third-order valence-corrected chi connectivity index (χ3v) is 2.68. The zero-order chi connectivity index (χ0) is 11.4. The third kappa shape index (κ3) is 3.56. The molecule has 0 fully saturated rings. The van der Waals surface area contributed by atoms with Crippen LogP contribution in [0.1, 0.15) is 12.5 Å². The summed E-state index contributed by atoms with van der Waals surface area (Å²) in [6, 6.07) is 3.31. The first-order chi connectivity index (χ1) is 7.04. The molecule has 0 spiro atoms. The van der Waals surface area contributed by atoms with Gasteiger partial charge in [0.15, 0.2) is 0 Å². The molecule has 0 bridgehead atoms. The highest BCUT2D eigenvalue weighted by Crippen LogP contribution is 2.29. The van der Waals surface area contributed by atoms with Crippen LogP contribution in [0.4, 0.5) is 0 Å². The Balaban J connectivity index is 3.00. The smallest absolute Gasteiger partial charge is 0.106 e. The molecule has 5 heteroatoms. The van der Waals surface area contributed by atoms with Gasteiger partial charge in [-0.25, -0.2) is 0 Å². The molecule has 2 nitrogen and oxygen atoms in total. The van der Waals surface area contributed by atoms with Crippen LogP contribution in [0.2, 0.25) is 15.1 Å². The molecule has 1 aromatic carbocycles. The van der Waals surface area contributed by atoms with Crippen molar-refractivity contribution in [3.8, 4) is 0 Å². The summed E-state index contributed by atoms with van der Waals surface area (Å²) in [5, 5.41) is 5.39. The van der Waals surface area contributed by atoms with Crippen molar-refractivity contribution in [1.82, 2.24) is 0 Å². The van der Waals surface area contributed by atoms with Crippen molar-refractivity contribution >= 4 is 40.5 Å². The lowest BCUT2D eigenvalue weighted by molar-refractivity contribution is 0.212. The summed E-state index contributed by atoms with van der Waals surface area (Å²) >= 11 is 17.8. The summed E-state index contributed by atoms with van der Waals surface area (Å²) in [7, 11) is 1.49. The van der Waals surface area contributed by atoms with Crippen LogP contribution in [0.5, 0.6) is 0 Å². The molecule has 0 aliphatic heterocycles. The summed E-state index contributed by atoms with van der Waals surface area (Å²) < 4.78 is 0. The van der Waals surface area contributed by atoms with Gasteiger partial charge < -0.3 is 4.84 Å². The number of benzene rings is 1. The Labute approximate surface area is 104 Å². The molecular weight excluding hydrogens is 256 g/mol. The lowest BCUT2D eigenvalue weighted by atomic mass is 10.1. The Hall–Kier alpha value is -0.440.